The van der Waals surface area contributed by atoms with E-state index in [2.05, 4.69) is 10.6 Å². The maximum Gasteiger partial charge on any atom is 0.309 e. The summed E-state index contributed by atoms with van der Waals surface area (Å²) in [7, 11) is 1.46. The minimum absolute atomic E-state index is 0.0383. The fourth-order valence-corrected chi connectivity index (χ4v) is 1.42. The minimum atomic E-state index is -0.540. The molecule has 2 amide bonds. The fraction of sp³-hybridized carbons (Fsp3) is 0.400. The molecule has 1 aromatic rings. The van der Waals surface area contributed by atoms with Crippen molar-refractivity contribution in [3.05, 3.63) is 29.8 Å². The summed E-state index contributed by atoms with van der Waals surface area (Å²) in [4.78, 5) is 33.6. The molecule has 0 bridgehead atoms. The van der Waals surface area contributed by atoms with Crippen LogP contribution in [0.4, 0.5) is 0 Å². The Balaban J connectivity index is 2.14. The average Bonchev–Trinajstić information content (AvgIpc) is 2.52. The molecule has 0 aromatic heterocycles. The van der Waals surface area contributed by atoms with E-state index in [4.69, 9.17) is 9.47 Å². The summed E-state index contributed by atoms with van der Waals surface area (Å²) in [5, 5.41) is 4.67. The van der Waals surface area contributed by atoms with Gasteiger partial charge in [-0.3, -0.25) is 14.4 Å². The second-order valence-electron chi connectivity index (χ2n) is 4.52. The zero-order valence-electron chi connectivity index (χ0n) is 12.7. The number of carbonyl (C=O) groups is 3. The number of likely N-dealkylation sites (N-methyl/N-ethyl adjacent to an activating group) is 1. The number of amides is 2. The number of ether oxygens (including phenoxy) is 2. The van der Waals surface area contributed by atoms with E-state index in [1.54, 1.807) is 0 Å². The lowest BCUT2D eigenvalue weighted by Gasteiger charge is -2.07. The van der Waals surface area contributed by atoms with Crippen LogP contribution in [0.25, 0.3) is 0 Å². The van der Waals surface area contributed by atoms with Gasteiger partial charge in [0.15, 0.2) is 6.61 Å². The molecule has 7 nitrogen and oxygen atoms in total. The van der Waals surface area contributed by atoms with Gasteiger partial charge in [0.1, 0.15) is 5.75 Å². The first-order valence-electron chi connectivity index (χ1n) is 6.83. The summed E-state index contributed by atoms with van der Waals surface area (Å²) in [6.45, 7) is 1.57. The van der Waals surface area contributed by atoms with Gasteiger partial charge in [-0.25, -0.2) is 0 Å². The molecule has 7 heteroatoms. The number of aryl methyl sites for hydroxylation is 1. The van der Waals surface area contributed by atoms with Crippen molar-refractivity contribution in [2.75, 3.05) is 26.8 Å². The Labute approximate surface area is 129 Å². The van der Waals surface area contributed by atoms with Gasteiger partial charge in [0.25, 0.3) is 5.91 Å². The summed E-state index contributed by atoms with van der Waals surface area (Å²) in [6.07, 6.45) is 0.0383. The van der Waals surface area contributed by atoms with Gasteiger partial charge in [-0.15, -0.1) is 0 Å². The first kappa shape index (κ1) is 17.5. The molecule has 0 spiro atoms. The zero-order chi connectivity index (χ0) is 16.4. The molecule has 0 atom stereocenters. The van der Waals surface area contributed by atoms with Crippen LogP contribution in [0.5, 0.6) is 5.75 Å². The molecule has 0 aliphatic rings. The maximum absolute atomic E-state index is 11.4. The normalized spacial score (nSPS) is 9.73. The van der Waals surface area contributed by atoms with Crippen LogP contribution in [0.2, 0.25) is 0 Å². The fourth-order valence-electron chi connectivity index (χ4n) is 1.42. The molecule has 0 aliphatic carbocycles. The van der Waals surface area contributed by atoms with E-state index < -0.39 is 18.5 Å². The van der Waals surface area contributed by atoms with Crippen LogP contribution in [-0.4, -0.2) is 44.6 Å². The molecule has 1 aromatic carbocycles. The Morgan fingerprint density at radius 2 is 1.77 bits per heavy atom. The van der Waals surface area contributed by atoms with Gasteiger partial charge in [-0.05, 0) is 19.1 Å². The Hall–Kier alpha value is -2.57. The summed E-state index contributed by atoms with van der Waals surface area (Å²) < 4.78 is 10.1. The lowest BCUT2D eigenvalue weighted by Crippen LogP contribution is -2.37. The molecule has 0 radical (unpaired) electrons. The van der Waals surface area contributed by atoms with Crippen LogP contribution in [0, 0.1) is 6.92 Å². The first-order valence-corrected chi connectivity index (χ1v) is 6.83. The number of hydrogen-bond donors (Lipinski definition) is 2. The van der Waals surface area contributed by atoms with Gasteiger partial charge in [-0.1, -0.05) is 17.7 Å². The Morgan fingerprint density at radius 1 is 1.09 bits per heavy atom. The van der Waals surface area contributed by atoms with Crippen molar-refractivity contribution in [2.24, 2.45) is 0 Å². The van der Waals surface area contributed by atoms with E-state index in [-0.39, 0.29) is 25.5 Å². The van der Waals surface area contributed by atoms with E-state index >= 15 is 0 Å². The summed E-state index contributed by atoms with van der Waals surface area (Å²) in [5.74, 6) is -0.730. The van der Waals surface area contributed by atoms with Gasteiger partial charge in [0.05, 0.1) is 19.6 Å². The average molecular weight is 308 g/mol. The van der Waals surface area contributed by atoms with Crippen molar-refractivity contribution in [3.63, 3.8) is 0 Å². The number of nitrogens with one attached hydrogen (secondary N) is 2. The molecule has 22 heavy (non-hydrogen) atoms. The third-order valence-corrected chi connectivity index (χ3v) is 2.69. The SMILES string of the molecule is CNC(=O)CNC(=O)COC(=O)CCOc1ccc(C)cc1. The quantitative estimate of drug-likeness (QED) is 0.668. The second kappa shape index (κ2) is 9.38. The van der Waals surface area contributed by atoms with E-state index in [1.165, 1.54) is 7.05 Å². The topological polar surface area (TPSA) is 93.7 Å². The van der Waals surface area contributed by atoms with Gasteiger partial charge >= 0.3 is 5.97 Å². The maximum atomic E-state index is 11.4. The molecule has 1 rings (SSSR count). The molecule has 0 heterocycles. The summed E-state index contributed by atoms with van der Waals surface area (Å²) >= 11 is 0. The molecule has 0 saturated carbocycles. The molecule has 0 fully saturated rings. The molecule has 0 aliphatic heterocycles. The van der Waals surface area contributed by atoms with E-state index in [1.807, 2.05) is 31.2 Å². The highest BCUT2D eigenvalue weighted by Crippen LogP contribution is 2.11. The second-order valence-corrected chi connectivity index (χ2v) is 4.52. The predicted molar refractivity (Wildman–Crippen MR) is 79.3 cm³/mol. The number of carbonyl (C=O) groups excluding carboxylic acids is 3. The number of hydrogen-bond acceptors (Lipinski definition) is 5. The molecule has 2 N–H and O–H groups in total. The van der Waals surface area contributed by atoms with Crippen LogP contribution in [0.3, 0.4) is 0 Å². The largest absolute Gasteiger partial charge is 0.493 e. The van der Waals surface area contributed by atoms with Gasteiger partial charge in [0.2, 0.25) is 5.91 Å². The lowest BCUT2D eigenvalue weighted by molar-refractivity contribution is -0.149. The van der Waals surface area contributed by atoms with Gasteiger partial charge in [-0.2, -0.15) is 0 Å². The van der Waals surface area contributed by atoms with E-state index in [0.717, 1.165) is 5.56 Å². The zero-order valence-corrected chi connectivity index (χ0v) is 12.7. The molecule has 0 saturated heterocycles. The minimum Gasteiger partial charge on any atom is -0.493 e. The Bertz CT molecular complexity index is 513. The Kier molecular flexibility index (Phi) is 7.45. The van der Waals surface area contributed by atoms with Crippen molar-refractivity contribution >= 4 is 17.8 Å². The van der Waals surface area contributed by atoms with E-state index in [9.17, 15) is 14.4 Å². The number of rotatable bonds is 8. The van der Waals surface area contributed by atoms with Crippen molar-refractivity contribution in [1.29, 1.82) is 0 Å². The van der Waals surface area contributed by atoms with E-state index in [0.29, 0.717) is 5.75 Å². The third-order valence-electron chi connectivity index (χ3n) is 2.69. The van der Waals surface area contributed by atoms with Crippen molar-refractivity contribution < 1.29 is 23.9 Å². The molecule has 120 valence electrons. The standard InChI is InChI=1S/C15H20N2O5/c1-11-3-5-12(6-4-11)21-8-7-15(20)22-10-14(19)17-9-13(18)16-2/h3-6H,7-10H2,1-2H3,(H,16,18)(H,17,19). The van der Waals surface area contributed by atoms with Crippen LogP contribution in [0.15, 0.2) is 24.3 Å². The Morgan fingerprint density at radius 3 is 2.41 bits per heavy atom. The highest BCUT2D eigenvalue weighted by molar-refractivity contribution is 5.86. The number of esters is 1. The predicted octanol–water partition coefficient (Wildman–Crippen LogP) is 0.169. The third kappa shape index (κ3) is 7.28. The van der Waals surface area contributed by atoms with Crippen molar-refractivity contribution in [2.45, 2.75) is 13.3 Å². The van der Waals surface area contributed by atoms with Gasteiger partial charge < -0.3 is 20.1 Å². The molecular formula is C15H20N2O5. The molecular weight excluding hydrogens is 288 g/mol. The van der Waals surface area contributed by atoms with Gasteiger partial charge in [0, 0.05) is 7.05 Å². The molecule has 0 unspecified atom stereocenters. The van der Waals surface area contributed by atoms with Crippen molar-refractivity contribution in [3.8, 4) is 5.75 Å². The van der Waals surface area contributed by atoms with Crippen LogP contribution < -0.4 is 15.4 Å². The van der Waals surface area contributed by atoms with Crippen LogP contribution >= 0.6 is 0 Å². The summed E-state index contributed by atoms with van der Waals surface area (Å²) in [6, 6.07) is 7.44. The first-order chi connectivity index (χ1) is 10.5. The number of benzene rings is 1. The van der Waals surface area contributed by atoms with Crippen LogP contribution in [0.1, 0.15) is 12.0 Å². The smallest absolute Gasteiger partial charge is 0.309 e. The van der Waals surface area contributed by atoms with Crippen LogP contribution in [-0.2, 0) is 19.1 Å². The highest BCUT2D eigenvalue weighted by Gasteiger charge is 2.08. The lowest BCUT2D eigenvalue weighted by atomic mass is 10.2. The monoisotopic (exact) mass is 308 g/mol. The van der Waals surface area contributed by atoms with Crippen molar-refractivity contribution in [1.82, 2.24) is 10.6 Å². The highest BCUT2D eigenvalue weighted by atomic mass is 16.5. The summed E-state index contributed by atoms with van der Waals surface area (Å²) in [5.41, 5.74) is 1.12.